The van der Waals surface area contributed by atoms with Crippen LogP contribution in [0.15, 0.2) is 18.2 Å². The number of aliphatic carboxylic acids is 1. The number of carboxylic acids is 1. The molecule has 1 heterocycles. The number of rotatable bonds is 4. The number of carbonyl (C=O) groups excluding carboxylic acids is 1. The number of nitro benzene ring substituents is 1. The molecule has 0 aromatic heterocycles. The molecule has 21 heavy (non-hydrogen) atoms. The molecule has 1 aromatic carbocycles. The molecule has 1 aliphatic heterocycles. The second kappa shape index (κ2) is 5.51. The Hall–Kier alpha value is -2.44. The number of nitrogens with zero attached hydrogens (tertiary/aromatic N) is 2. The zero-order valence-electron chi connectivity index (χ0n) is 11.8. The van der Waals surface area contributed by atoms with Crippen LogP contribution in [0, 0.1) is 28.9 Å². The monoisotopic (exact) mass is 292 g/mol. The predicted molar refractivity (Wildman–Crippen MR) is 74.0 cm³/mol. The topological polar surface area (TPSA) is 101 Å². The van der Waals surface area contributed by atoms with Gasteiger partial charge in [0.2, 0.25) is 0 Å². The van der Waals surface area contributed by atoms with Gasteiger partial charge in [-0.05, 0) is 18.6 Å². The number of non-ortho nitro benzene ring substituents is 1. The summed E-state index contributed by atoms with van der Waals surface area (Å²) in [5, 5.41) is 19.7. The third-order valence-electron chi connectivity index (χ3n) is 3.81. The Bertz CT molecular complexity index is 607. The van der Waals surface area contributed by atoms with Gasteiger partial charge in [-0.3, -0.25) is 19.7 Å². The molecule has 0 radical (unpaired) electrons. The van der Waals surface area contributed by atoms with Gasteiger partial charge in [0, 0.05) is 36.7 Å². The van der Waals surface area contributed by atoms with E-state index in [-0.39, 0.29) is 23.1 Å². The van der Waals surface area contributed by atoms with Gasteiger partial charge in [0.15, 0.2) is 0 Å². The normalized spacial score (nSPS) is 16.2. The van der Waals surface area contributed by atoms with Crippen LogP contribution in [0.1, 0.15) is 22.8 Å². The fourth-order valence-electron chi connectivity index (χ4n) is 2.37. The average Bonchev–Trinajstić information content (AvgIpc) is 2.35. The van der Waals surface area contributed by atoms with Gasteiger partial charge in [-0.2, -0.15) is 0 Å². The van der Waals surface area contributed by atoms with E-state index in [0.29, 0.717) is 18.7 Å². The van der Waals surface area contributed by atoms with E-state index in [0.717, 1.165) is 0 Å². The summed E-state index contributed by atoms with van der Waals surface area (Å²) in [4.78, 5) is 34.9. The number of carboxylic acid groups (broad SMARTS) is 1. The van der Waals surface area contributed by atoms with Gasteiger partial charge >= 0.3 is 5.97 Å². The minimum absolute atomic E-state index is 0.0637. The Morgan fingerprint density at radius 2 is 2.00 bits per heavy atom. The largest absolute Gasteiger partial charge is 0.481 e. The van der Waals surface area contributed by atoms with E-state index < -0.39 is 16.8 Å². The van der Waals surface area contributed by atoms with Gasteiger partial charge in [0.25, 0.3) is 11.6 Å². The number of benzene rings is 1. The summed E-state index contributed by atoms with van der Waals surface area (Å²) in [6, 6.07) is 4.26. The van der Waals surface area contributed by atoms with Gasteiger partial charge < -0.3 is 10.0 Å². The zero-order valence-corrected chi connectivity index (χ0v) is 11.8. The first kappa shape index (κ1) is 15.0. The van der Waals surface area contributed by atoms with Crippen molar-refractivity contribution >= 4 is 17.6 Å². The average molecular weight is 292 g/mol. The minimum atomic E-state index is -0.877. The van der Waals surface area contributed by atoms with Gasteiger partial charge in [0.05, 0.1) is 10.8 Å². The van der Waals surface area contributed by atoms with E-state index in [9.17, 15) is 19.7 Å². The summed E-state index contributed by atoms with van der Waals surface area (Å²) < 4.78 is 0. The predicted octanol–water partition coefficient (Wildman–Crippen LogP) is 1.70. The molecule has 1 saturated heterocycles. The molecule has 0 bridgehead atoms. The fraction of sp³-hybridized carbons (Fsp3) is 0.429. The van der Waals surface area contributed by atoms with Crippen LogP contribution in [0.5, 0.6) is 0 Å². The third-order valence-corrected chi connectivity index (χ3v) is 3.81. The van der Waals surface area contributed by atoms with Crippen molar-refractivity contribution < 1.29 is 19.6 Å². The molecule has 1 fully saturated rings. The number of hydrogen-bond donors (Lipinski definition) is 1. The molecule has 1 amide bonds. The van der Waals surface area contributed by atoms with E-state index in [2.05, 4.69) is 0 Å². The molecule has 1 N–H and O–H groups in total. The summed E-state index contributed by atoms with van der Waals surface area (Å²) in [5.41, 5.74) is 0.793. The molecule has 1 aromatic rings. The van der Waals surface area contributed by atoms with Crippen LogP contribution in [0.3, 0.4) is 0 Å². The van der Waals surface area contributed by atoms with Crippen LogP contribution < -0.4 is 0 Å². The molecular formula is C14H16N2O5. The minimum Gasteiger partial charge on any atom is -0.481 e. The lowest BCUT2D eigenvalue weighted by atomic mass is 9.86. The second-order valence-corrected chi connectivity index (χ2v) is 5.41. The number of carbonyl (C=O) groups is 2. The molecule has 0 aliphatic carbocycles. The summed E-state index contributed by atoms with van der Waals surface area (Å²) in [6.07, 6.45) is 0. The maximum atomic E-state index is 12.2. The summed E-state index contributed by atoms with van der Waals surface area (Å²) in [6.45, 7) is 4.05. The van der Waals surface area contributed by atoms with Crippen molar-refractivity contribution in [3.05, 3.63) is 39.4 Å². The molecule has 0 spiro atoms. The smallest absolute Gasteiger partial charge is 0.306 e. The maximum Gasteiger partial charge on any atom is 0.306 e. The van der Waals surface area contributed by atoms with E-state index in [1.807, 2.05) is 0 Å². The van der Waals surface area contributed by atoms with Crippen molar-refractivity contribution in [3.8, 4) is 0 Å². The highest BCUT2D eigenvalue weighted by Gasteiger charge is 2.37. The highest BCUT2D eigenvalue weighted by atomic mass is 16.6. The Balaban J connectivity index is 2.09. The van der Waals surface area contributed by atoms with Gasteiger partial charge in [-0.15, -0.1) is 0 Å². The number of hydrogen-bond acceptors (Lipinski definition) is 4. The molecule has 2 rings (SSSR count). The summed E-state index contributed by atoms with van der Waals surface area (Å²) >= 11 is 0. The van der Waals surface area contributed by atoms with Crippen LogP contribution in [-0.2, 0) is 4.79 Å². The maximum absolute atomic E-state index is 12.2. The van der Waals surface area contributed by atoms with Crippen molar-refractivity contribution in [2.75, 3.05) is 13.1 Å². The van der Waals surface area contributed by atoms with E-state index in [1.165, 1.54) is 17.0 Å². The Labute approximate surface area is 121 Å². The van der Waals surface area contributed by atoms with E-state index in [1.54, 1.807) is 19.9 Å². The highest BCUT2D eigenvalue weighted by molar-refractivity contribution is 5.95. The SMILES string of the molecule is Cc1cc(C(=O)N2CC(C(C)C(=O)O)C2)cc([N+](=O)[O-])c1. The molecule has 1 aliphatic rings. The van der Waals surface area contributed by atoms with Crippen LogP contribution in [0.4, 0.5) is 5.69 Å². The lowest BCUT2D eigenvalue weighted by Crippen LogP contribution is -2.53. The first-order valence-electron chi connectivity index (χ1n) is 6.57. The van der Waals surface area contributed by atoms with Crippen molar-refractivity contribution in [1.82, 2.24) is 4.90 Å². The number of aryl methyl sites for hydroxylation is 1. The van der Waals surface area contributed by atoms with Gasteiger partial charge in [0.1, 0.15) is 0 Å². The highest BCUT2D eigenvalue weighted by Crippen LogP contribution is 2.27. The van der Waals surface area contributed by atoms with Crippen LogP contribution in [-0.4, -0.2) is 39.9 Å². The quantitative estimate of drug-likeness (QED) is 0.672. The second-order valence-electron chi connectivity index (χ2n) is 5.41. The van der Waals surface area contributed by atoms with Crippen LogP contribution >= 0.6 is 0 Å². The number of amides is 1. The number of likely N-dealkylation sites (tertiary alicyclic amines) is 1. The molecule has 1 atom stereocenters. The third kappa shape index (κ3) is 3.01. The van der Waals surface area contributed by atoms with Crippen molar-refractivity contribution in [2.45, 2.75) is 13.8 Å². The van der Waals surface area contributed by atoms with E-state index in [4.69, 9.17) is 5.11 Å². The Morgan fingerprint density at radius 3 is 2.52 bits per heavy atom. The first-order chi connectivity index (χ1) is 9.79. The molecular weight excluding hydrogens is 276 g/mol. The lowest BCUT2D eigenvalue weighted by Gasteiger charge is -2.41. The fourth-order valence-corrected chi connectivity index (χ4v) is 2.37. The standard InChI is InChI=1S/C14H16N2O5/c1-8-3-10(5-12(4-8)16(20)21)13(17)15-6-11(7-15)9(2)14(18)19/h3-5,9,11H,6-7H2,1-2H3,(H,18,19). The van der Waals surface area contributed by atoms with Crippen LogP contribution in [0.25, 0.3) is 0 Å². The molecule has 7 heteroatoms. The summed E-state index contributed by atoms with van der Waals surface area (Å²) in [7, 11) is 0. The molecule has 0 saturated carbocycles. The van der Waals surface area contributed by atoms with Crippen molar-refractivity contribution in [2.24, 2.45) is 11.8 Å². The van der Waals surface area contributed by atoms with Gasteiger partial charge in [-0.25, -0.2) is 0 Å². The van der Waals surface area contributed by atoms with Crippen molar-refractivity contribution in [3.63, 3.8) is 0 Å². The zero-order chi connectivity index (χ0) is 15.7. The lowest BCUT2D eigenvalue weighted by molar-refractivity contribution is -0.384. The van der Waals surface area contributed by atoms with Crippen LogP contribution in [0.2, 0.25) is 0 Å². The Morgan fingerprint density at radius 1 is 1.38 bits per heavy atom. The first-order valence-corrected chi connectivity index (χ1v) is 6.57. The molecule has 7 nitrogen and oxygen atoms in total. The van der Waals surface area contributed by atoms with E-state index >= 15 is 0 Å². The Kier molecular flexibility index (Phi) is 3.93. The van der Waals surface area contributed by atoms with Crippen molar-refractivity contribution in [1.29, 1.82) is 0 Å². The summed E-state index contributed by atoms with van der Waals surface area (Å²) in [5.74, 6) is -1.74. The molecule has 112 valence electrons. The van der Waals surface area contributed by atoms with Gasteiger partial charge in [-0.1, -0.05) is 6.92 Å². The molecule has 1 unspecified atom stereocenters. The number of nitro groups is 1.